The van der Waals surface area contributed by atoms with Crippen molar-refractivity contribution in [1.82, 2.24) is 15.1 Å². The summed E-state index contributed by atoms with van der Waals surface area (Å²) in [5.74, 6) is 0.416. The Hall–Kier alpha value is -1.30. The molecule has 0 aromatic carbocycles. The number of hydrogen-bond acceptors (Lipinski definition) is 3. The van der Waals surface area contributed by atoms with E-state index in [4.69, 9.17) is 5.73 Å². The monoisotopic (exact) mass is 280 g/mol. The van der Waals surface area contributed by atoms with E-state index < -0.39 is 0 Å². The molecular weight excluding hydrogens is 256 g/mol. The Balaban J connectivity index is 1.51. The van der Waals surface area contributed by atoms with Crippen molar-refractivity contribution in [3.05, 3.63) is 0 Å². The maximum Gasteiger partial charge on any atom is 0.317 e. The summed E-state index contributed by atoms with van der Waals surface area (Å²) in [6.07, 6.45) is 4.55. The number of urea groups is 1. The summed E-state index contributed by atoms with van der Waals surface area (Å²) >= 11 is 0. The van der Waals surface area contributed by atoms with Crippen molar-refractivity contribution in [2.75, 3.05) is 26.2 Å². The second-order valence-electron chi connectivity index (χ2n) is 6.25. The molecule has 2 heterocycles. The number of hydrogen-bond donors (Lipinski definition) is 2. The van der Waals surface area contributed by atoms with Gasteiger partial charge in [0, 0.05) is 44.2 Å². The van der Waals surface area contributed by atoms with Crippen molar-refractivity contribution >= 4 is 11.9 Å². The minimum Gasteiger partial charge on any atom is -0.342 e. The molecular formula is C14H24N4O2. The largest absolute Gasteiger partial charge is 0.342 e. The van der Waals surface area contributed by atoms with Crippen LogP contribution in [0.2, 0.25) is 0 Å². The van der Waals surface area contributed by atoms with Crippen molar-refractivity contribution in [2.24, 2.45) is 11.7 Å². The highest BCUT2D eigenvalue weighted by Crippen LogP contribution is 2.28. The van der Waals surface area contributed by atoms with Gasteiger partial charge in [0.2, 0.25) is 5.91 Å². The predicted molar refractivity (Wildman–Crippen MR) is 75.0 cm³/mol. The highest BCUT2D eigenvalue weighted by Gasteiger charge is 2.35. The van der Waals surface area contributed by atoms with Gasteiger partial charge in [-0.2, -0.15) is 0 Å². The SMILES string of the molecule is NC1CCC(C(=O)N2CCC(N3CCNC3=O)CC2)C1. The number of carbonyl (C=O) groups excluding carboxylic acids is 2. The first-order chi connectivity index (χ1) is 9.65. The van der Waals surface area contributed by atoms with Gasteiger partial charge in [0.15, 0.2) is 0 Å². The van der Waals surface area contributed by atoms with Gasteiger partial charge in [0.05, 0.1) is 0 Å². The standard InChI is InChI=1S/C14H24N4O2/c15-11-2-1-10(9-11)13(19)17-6-3-12(4-7-17)18-8-5-16-14(18)20/h10-12H,1-9,15H2,(H,16,20). The van der Waals surface area contributed by atoms with Crippen LogP contribution >= 0.6 is 0 Å². The van der Waals surface area contributed by atoms with Gasteiger partial charge in [-0.05, 0) is 32.1 Å². The van der Waals surface area contributed by atoms with Crippen LogP contribution in [0.15, 0.2) is 0 Å². The molecule has 3 aliphatic rings. The van der Waals surface area contributed by atoms with Gasteiger partial charge < -0.3 is 20.9 Å². The zero-order valence-corrected chi connectivity index (χ0v) is 11.9. The van der Waals surface area contributed by atoms with Gasteiger partial charge in [0.25, 0.3) is 0 Å². The van der Waals surface area contributed by atoms with E-state index in [9.17, 15) is 9.59 Å². The number of amides is 3. The number of nitrogens with zero attached hydrogens (tertiary/aromatic N) is 2. The van der Waals surface area contributed by atoms with Crippen molar-refractivity contribution in [3.8, 4) is 0 Å². The van der Waals surface area contributed by atoms with Crippen LogP contribution in [0.1, 0.15) is 32.1 Å². The lowest BCUT2D eigenvalue weighted by molar-refractivity contribution is -0.136. The summed E-state index contributed by atoms with van der Waals surface area (Å²) in [4.78, 5) is 28.0. The number of piperidine rings is 1. The molecule has 0 aromatic heterocycles. The first kappa shape index (κ1) is 13.7. The first-order valence-electron chi connectivity index (χ1n) is 7.74. The highest BCUT2D eigenvalue weighted by molar-refractivity contribution is 5.79. The van der Waals surface area contributed by atoms with Crippen LogP contribution < -0.4 is 11.1 Å². The van der Waals surface area contributed by atoms with Crippen LogP contribution in [0.3, 0.4) is 0 Å². The van der Waals surface area contributed by atoms with Crippen molar-refractivity contribution in [3.63, 3.8) is 0 Å². The molecule has 1 saturated carbocycles. The Bertz CT molecular complexity index is 393. The van der Waals surface area contributed by atoms with E-state index in [1.54, 1.807) is 0 Å². The summed E-state index contributed by atoms with van der Waals surface area (Å²) in [6, 6.07) is 0.554. The molecule has 3 N–H and O–H groups in total. The maximum absolute atomic E-state index is 12.4. The van der Waals surface area contributed by atoms with Gasteiger partial charge >= 0.3 is 6.03 Å². The molecule has 1 aliphatic carbocycles. The molecule has 0 radical (unpaired) electrons. The number of nitrogens with two attached hydrogens (primary N) is 1. The van der Waals surface area contributed by atoms with Crippen LogP contribution in [0.5, 0.6) is 0 Å². The van der Waals surface area contributed by atoms with E-state index in [2.05, 4.69) is 5.32 Å². The number of likely N-dealkylation sites (tertiary alicyclic amines) is 1. The summed E-state index contributed by atoms with van der Waals surface area (Å²) in [7, 11) is 0. The zero-order chi connectivity index (χ0) is 14.1. The normalized spacial score (nSPS) is 31.8. The summed E-state index contributed by atoms with van der Waals surface area (Å²) in [5.41, 5.74) is 5.89. The fourth-order valence-corrected chi connectivity index (χ4v) is 3.73. The molecule has 3 amide bonds. The molecule has 2 aliphatic heterocycles. The van der Waals surface area contributed by atoms with Gasteiger partial charge in [-0.3, -0.25) is 4.79 Å². The summed E-state index contributed by atoms with van der Waals surface area (Å²) in [5, 5.41) is 2.84. The number of rotatable bonds is 2. The molecule has 2 saturated heterocycles. The Morgan fingerprint density at radius 2 is 1.90 bits per heavy atom. The summed E-state index contributed by atoms with van der Waals surface area (Å²) < 4.78 is 0. The third kappa shape index (κ3) is 2.61. The van der Waals surface area contributed by atoms with Gasteiger partial charge in [0.1, 0.15) is 0 Å². The molecule has 6 nitrogen and oxygen atoms in total. The van der Waals surface area contributed by atoms with Crippen molar-refractivity contribution in [2.45, 2.75) is 44.2 Å². The Morgan fingerprint density at radius 1 is 1.15 bits per heavy atom. The lowest BCUT2D eigenvalue weighted by Crippen LogP contribution is -2.48. The minimum absolute atomic E-state index is 0.0524. The fraction of sp³-hybridized carbons (Fsp3) is 0.857. The lowest BCUT2D eigenvalue weighted by Gasteiger charge is -2.37. The van der Waals surface area contributed by atoms with E-state index >= 15 is 0 Å². The Morgan fingerprint density at radius 3 is 2.45 bits per heavy atom. The van der Waals surface area contributed by atoms with Crippen LogP contribution in [0.25, 0.3) is 0 Å². The van der Waals surface area contributed by atoms with Crippen LogP contribution in [-0.4, -0.2) is 60.0 Å². The lowest BCUT2D eigenvalue weighted by atomic mass is 10.00. The first-order valence-corrected chi connectivity index (χ1v) is 7.74. The molecule has 0 aromatic rings. The third-order valence-corrected chi connectivity index (χ3v) is 4.93. The smallest absolute Gasteiger partial charge is 0.317 e. The van der Waals surface area contributed by atoms with Gasteiger partial charge in [-0.15, -0.1) is 0 Å². The molecule has 2 unspecified atom stereocenters. The minimum atomic E-state index is 0.0524. The van der Waals surface area contributed by atoms with E-state index in [1.807, 2.05) is 9.80 Å². The molecule has 3 fully saturated rings. The molecule has 112 valence electrons. The third-order valence-electron chi connectivity index (χ3n) is 4.93. The molecule has 3 rings (SSSR count). The fourth-order valence-electron chi connectivity index (χ4n) is 3.73. The number of nitrogens with one attached hydrogen (secondary N) is 1. The highest BCUT2D eigenvalue weighted by atomic mass is 16.2. The van der Waals surface area contributed by atoms with Gasteiger partial charge in [-0.25, -0.2) is 4.79 Å². The quantitative estimate of drug-likeness (QED) is 0.754. The predicted octanol–water partition coefficient (Wildman–Crippen LogP) is 0.130. The Kier molecular flexibility index (Phi) is 3.83. The average molecular weight is 280 g/mol. The van der Waals surface area contributed by atoms with E-state index in [1.165, 1.54) is 0 Å². The average Bonchev–Trinajstić information content (AvgIpc) is 3.07. The molecule has 0 spiro atoms. The Labute approximate surface area is 119 Å². The second kappa shape index (κ2) is 5.60. The maximum atomic E-state index is 12.4. The van der Waals surface area contributed by atoms with E-state index in [0.717, 1.165) is 58.3 Å². The van der Waals surface area contributed by atoms with Crippen LogP contribution in [0, 0.1) is 5.92 Å². The molecule has 20 heavy (non-hydrogen) atoms. The van der Waals surface area contributed by atoms with Crippen LogP contribution in [-0.2, 0) is 4.79 Å². The van der Waals surface area contributed by atoms with Crippen molar-refractivity contribution < 1.29 is 9.59 Å². The van der Waals surface area contributed by atoms with Crippen molar-refractivity contribution in [1.29, 1.82) is 0 Å². The molecule has 0 bridgehead atoms. The van der Waals surface area contributed by atoms with Crippen LogP contribution in [0.4, 0.5) is 4.79 Å². The topological polar surface area (TPSA) is 78.7 Å². The van der Waals surface area contributed by atoms with E-state index in [0.29, 0.717) is 6.04 Å². The molecule has 2 atom stereocenters. The zero-order valence-electron chi connectivity index (χ0n) is 11.9. The van der Waals surface area contributed by atoms with Gasteiger partial charge in [-0.1, -0.05) is 0 Å². The second-order valence-corrected chi connectivity index (χ2v) is 6.25. The number of carbonyl (C=O) groups is 2. The summed E-state index contributed by atoms with van der Waals surface area (Å²) in [6.45, 7) is 3.10. The van der Waals surface area contributed by atoms with E-state index in [-0.39, 0.29) is 23.9 Å². The molecule has 6 heteroatoms.